The average Bonchev–Trinajstić information content (AvgIpc) is 2.43. The first-order valence-corrected chi connectivity index (χ1v) is 7.47. The van der Waals surface area contributed by atoms with Crippen molar-refractivity contribution in [3.05, 3.63) is 52.8 Å². The van der Waals surface area contributed by atoms with Crippen LogP contribution in [0.2, 0.25) is 5.02 Å². The monoisotopic (exact) mass is 325 g/mol. The number of nitriles is 1. The number of hydrogen-bond donors (Lipinski definition) is 2. The highest BCUT2D eigenvalue weighted by molar-refractivity contribution is 7.92. The van der Waals surface area contributed by atoms with Gasteiger partial charge in [-0.2, -0.15) is 5.26 Å². The van der Waals surface area contributed by atoms with Gasteiger partial charge in [-0.1, -0.05) is 11.6 Å². The molecule has 0 aliphatic heterocycles. The van der Waals surface area contributed by atoms with Crippen molar-refractivity contribution in [1.82, 2.24) is 0 Å². The van der Waals surface area contributed by atoms with Crippen molar-refractivity contribution >= 4 is 33.0 Å². The molecule has 0 amide bonds. The maximum absolute atomic E-state index is 13.7. The zero-order chi connectivity index (χ0) is 15.6. The summed E-state index contributed by atoms with van der Waals surface area (Å²) < 4.78 is 40.2. The molecule has 0 bridgehead atoms. The van der Waals surface area contributed by atoms with Crippen molar-refractivity contribution in [2.45, 2.75) is 4.90 Å². The molecular weight excluding hydrogens is 317 g/mol. The number of nitrogen functional groups attached to an aromatic ring is 1. The van der Waals surface area contributed by atoms with Gasteiger partial charge in [0.25, 0.3) is 10.0 Å². The molecular formula is C13H9ClFN3O2S. The minimum atomic E-state index is -4.09. The van der Waals surface area contributed by atoms with Crippen LogP contribution in [0, 0.1) is 17.1 Å². The van der Waals surface area contributed by atoms with Crippen molar-refractivity contribution in [3.63, 3.8) is 0 Å². The van der Waals surface area contributed by atoms with Crippen LogP contribution in [0.5, 0.6) is 0 Å². The summed E-state index contributed by atoms with van der Waals surface area (Å²) in [6, 6.07) is 9.08. The highest BCUT2D eigenvalue weighted by Crippen LogP contribution is 2.26. The number of anilines is 2. The lowest BCUT2D eigenvalue weighted by Crippen LogP contribution is -2.15. The first-order chi connectivity index (χ1) is 9.83. The molecule has 0 aromatic heterocycles. The molecule has 2 aromatic carbocycles. The summed E-state index contributed by atoms with van der Waals surface area (Å²) in [4.78, 5) is -0.251. The van der Waals surface area contributed by atoms with Crippen LogP contribution < -0.4 is 10.5 Å². The summed E-state index contributed by atoms with van der Waals surface area (Å²) in [6.07, 6.45) is 0. The fourth-order valence-electron chi connectivity index (χ4n) is 1.61. The number of sulfonamides is 1. The fraction of sp³-hybridized carbons (Fsp3) is 0. The molecule has 108 valence electrons. The van der Waals surface area contributed by atoms with E-state index in [1.54, 1.807) is 6.07 Å². The second-order valence-corrected chi connectivity index (χ2v) is 6.18. The van der Waals surface area contributed by atoms with Crippen molar-refractivity contribution in [3.8, 4) is 6.07 Å². The van der Waals surface area contributed by atoms with E-state index in [1.807, 2.05) is 0 Å². The van der Waals surface area contributed by atoms with Crippen molar-refractivity contribution < 1.29 is 12.8 Å². The molecule has 0 saturated heterocycles. The van der Waals surface area contributed by atoms with E-state index in [9.17, 15) is 12.8 Å². The van der Waals surface area contributed by atoms with Gasteiger partial charge in [-0.25, -0.2) is 12.8 Å². The summed E-state index contributed by atoms with van der Waals surface area (Å²) in [5.74, 6) is -0.863. The highest BCUT2D eigenvalue weighted by atomic mass is 35.5. The van der Waals surface area contributed by atoms with Crippen LogP contribution in [0.25, 0.3) is 0 Å². The number of nitrogens with two attached hydrogens (primary N) is 1. The van der Waals surface area contributed by atoms with Crippen LogP contribution in [0.15, 0.2) is 41.3 Å². The second-order valence-electron chi connectivity index (χ2n) is 4.09. The number of halogens is 2. The predicted octanol–water partition coefficient (Wildman–Crippen LogP) is 2.73. The van der Waals surface area contributed by atoms with Crippen molar-refractivity contribution in [2.24, 2.45) is 0 Å². The molecule has 5 nitrogen and oxygen atoms in total. The Morgan fingerprint density at radius 1 is 1.24 bits per heavy atom. The normalized spacial score (nSPS) is 10.9. The molecule has 21 heavy (non-hydrogen) atoms. The summed E-state index contributed by atoms with van der Waals surface area (Å²) >= 11 is 5.74. The molecule has 0 radical (unpaired) electrons. The SMILES string of the molecule is N#Cc1ccc(NS(=O)(=O)c2cc(Cl)ccc2N)c(F)c1. The molecule has 0 aliphatic rings. The van der Waals surface area contributed by atoms with E-state index < -0.39 is 15.8 Å². The molecule has 2 aromatic rings. The van der Waals surface area contributed by atoms with Gasteiger partial charge in [0.05, 0.1) is 23.0 Å². The zero-order valence-electron chi connectivity index (χ0n) is 10.5. The summed E-state index contributed by atoms with van der Waals surface area (Å²) in [6.45, 7) is 0. The summed E-state index contributed by atoms with van der Waals surface area (Å²) in [5, 5.41) is 8.83. The summed E-state index contributed by atoms with van der Waals surface area (Å²) in [5.41, 5.74) is 5.38. The number of hydrogen-bond acceptors (Lipinski definition) is 4. The minimum Gasteiger partial charge on any atom is -0.398 e. The standard InChI is InChI=1S/C13H9ClFN3O2S/c14-9-2-3-11(17)13(6-9)21(19,20)18-12-4-1-8(7-16)5-10(12)15/h1-6,18H,17H2. The number of benzene rings is 2. The average molecular weight is 326 g/mol. The minimum absolute atomic E-state index is 0.0130. The van der Waals surface area contributed by atoms with Crippen LogP contribution in [-0.2, 0) is 10.0 Å². The second kappa shape index (κ2) is 5.60. The Bertz CT molecular complexity index is 847. The third kappa shape index (κ3) is 3.24. The Kier molecular flexibility index (Phi) is 4.02. The van der Waals surface area contributed by atoms with Crippen molar-refractivity contribution in [2.75, 3.05) is 10.5 Å². The Morgan fingerprint density at radius 3 is 2.57 bits per heavy atom. The highest BCUT2D eigenvalue weighted by Gasteiger charge is 2.19. The molecule has 0 unspecified atom stereocenters. The molecule has 8 heteroatoms. The van der Waals surface area contributed by atoms with Crippen LogP contribution in [0.1, 0.15) is 5.56 Å². The van der Waals surface area contributed by atoms with Crippen LogP contribution in [0.3, 0.4) is 0 Å². The lowest BCUT2D eigenvalue weighted by Gasteiger charge is -2.11. The van der Waals surface area contributed by atoms with Gasteiger partial charge in [-0.05, 0) is 36.4 Å². The van der Waals surface area contributed by atoms with Crippen molar-refractivity contribution in [1.29, 1.82) is 5.26 Å². The van der Waals surface area contributed by atoms with Gasteiger partial charge >= 0.3 is 0 Å². The molecule has 0 aliphatic carbocycles. The van der Waals surface area contributed by atoms with Gasteiger partial charge in [-0.15, -0.1) is 0 Å². The maximum Gasteiger partial charge on any atom is 0.264 e. The topological polar surface area (TPSA) is 96.0 Å². The Hall–Kier alpha value is -2.30. The maximum atomic E-state index is 13.7. The molecule has 0 atom stereocenters. The Morgan fingerprint density at radius 2 is 1.95 bits per heavy atom. The quantitative estimate of drug-likeness (QED) is 0.848. The molecule has 0 heterocycles. The third-order valence-corrected chi connectivity index (χ3v) is 4.26. The van der Waals surface area contributed by atoms with Gasteiger partial charge in [-0.3, -0.25) is 4.72 Å². The van der Waals surface area contributed by atoms with E-state index in [0.717, 1.165) is 12.1 Å². The lowest BCUT2D eigenvalue weighted by atomic mass is 10.2. The Balaban J connectivity index is 2.43. The molecule has 0 fully saturated rings. The van der Waals surface area contributed by atoms with E-state index >= 15 is 0 Å². The Labute approximate surface area is 125 Å². The number of nitrogens with one attached hydrogen (secondary N) is 1. The van der Waals surface area contributed by atoms with E-state index in [4.69, 9.17) is 22.6 Å². The van der Waals surface area contributed by atoms with E-state index in [2.05, 4.69) is 4.72 Å². The summed E-state index contributed by atoms with van der Waals surface area (Å²) in [7, 11) is -4.09. The van der Waals surface area contributed by atoms with E-state index in [-0.39, 0.29) is 26.9 Å². The van der Waals surface area contributed by atoms with Crippen LogP contribution >= 0.6 is 11.6 Å². The lowest BCUT2D eigenvalue weighted by molar-refractivity contribution is 0.599. The largest absolute Gasteiger partial charge is 0.398 e. The fourth-order valence-corrected chi connectivity index (χ4v) is 3.07. The smallest absolute Gasteiger partial charge is 0.264 e. The third-order valence-electron chi connectivity index (χ3n) is 2.61. The predicted molar refractivity (Wildman–Crippen MR) is 77.8 cm³/mol. The molecule has 3 N–H and O–H groups in total. The molecule has 2 rings (SSSR count). The first kappa shape index (κ1) is 15.1. The molecule has 0 saturated carbocycles. The van der Waals surface area contributed by atoms with E-state index in [0.29, 0.717) is 0 Å². The molecule has 0 spiro atoms. The number of nitrogens with zero attached hydrogens (tertiary/aromatic N) is 1. The van der Waals surface area contributed by atoms with Gasteiger partial charge < -0.3 is 5.73 Å². The van der Waals surface area contributed by atoms with E-state index in [1.165, 1.54) is 24.3 Å². The van der Waals surface area contributed by atoms with Gasteiger partial charge in [0.15, 0.2) is 0 Å². The first-order valence-electron chi connectivity index (χ1n) is 5.61. The van der Waals surface area contributed by atoms with Gasteiger partial charge in [0, 0.05) is 5.02 Å². The van der Waals surface area contributed by atoms with Crippen LogP contribution in [0.4, 0.5) is 15.8 Å². The zero-order valence-corrected chi connectivity index (χ0v) is 12.0. The van der Waals surface area contributed by atoms with Crippen LogP contribution in [-0.4, -0.2) is 8.42 Å². The van der Waals surface area contributed by atoms with Gasteiger partial charge in [0.1, 0.15) is 10.7 Å². The number of rotatable bonds is 3. The van der Waals surface area contributed by atoms with Gasteiger partial charge in [0.2, 0.25) is 0 Å².